The van der Waals surface area contributed by atoms with Crippen LogP contribution in [0.5, 0.6) is 0 Å². The number of para-hydroxylation sites is 1. The number of urea groups is 1. The molecule has 1 unspecified atom stereocenters. The number of hydrogen-bond donors (Lipinski definition) is 2. The van der Waals surface area contributed by atoms with Crippen LogP contribution >= 0.6 is 0 Å². The first-order valence-corrected chi connectivity index (χ1v) is 11.7. The van der Waals surface area contributed by atoms with Crippen LogP contribution in [0, 0.1) is 6.92 Å². The highest BCUT2D eigenvalue weighted by Crippen LogP contribution is 2.32. The molecular weight excluding hydrogens is 454 g/mol. The van der Waals surface area contributed by atoms with Gasteiger partial charge in [-0.25, -0.2) is 9.48 Å². The second kappa shape index (κ2) is 9.14. The lowest BCUT2D eigenvalue weighted by Gasteiger charge is -2.25. The summed E-state index contributed by atoms with van der Waals surface area (Å²) in [7, 11) is 0. The fraction of sp³-hybridized carbons (Fsp3) is 0.143. The number of nitrogens with one attached hydrogen (secondary N) is 2. The lowest BCUT2D eigenvalue weighted by atomic mass is 9.87. The molecule has 5 rings (SSSR count). The van der Waals surface area contributed by atoms with Crippen LogP contribution in [0.4, 0.5) is 4.79 Å². The van der Waals surface area contributed by atoms with E-state index in [0.29, 0.717) is 17.7 Å². The van der Waals surface area contributed by atoms with Crippen molar-refractivity contribution in [2.24, 2.45) is 0 Å². The summed E-state index contributed by atoms with van der Waals surface area (Å²) in [5.41, 5.74) is 5.11. The maximum absolute atomic E-state index is 13.5. The largest absolute Gasteiger partial charge is 0.344 e. The summed E-state index contributed by atoms with van der Waals surface area (Å²) in [5, 5.41) is 8.23. The first-order valence-electron chi connectivity index (χ1n) is 11.7. The van der Waals surface area contributed by atoms with E-state index >= 15 is 0 Å². The van der Waals surface area contributed by atoms with Crippen molar-refractivity contribution in [2.45, 2.75) is 25.8 Å². The number of amides is 4. The molecule has 1 aliphatic rings. The summed E-state index contributed by atoms with van der Waals surface area (Å²) in [5.74, 6) is -1.15. The molecule has 2 heterocycles. The van der Waals surface area contributed by atoms with Gasteiger partial charge >= 0.3 is 6.03 Å². The molecule has 36 heavy (non-hydrogen) atoms. The van der Waals surface area contributed by atoms with Gasteiger partial charge in [-0.05, 0) is 36.6 Å². The molecule has 0 bridgehead atoms. The Labute approximate surface area is 208 Å². The van der Waals surface area contributed by atoms with Crippen LogP contribution in [0.3, 0.4) is 0 Å². The van der Waals surface area contributed by atoms with Crippen molar-refractivity contribution in [3.63, 3.8) is 0 Å². The number of benzene rings is 3. The van der Waals surface area contributed by atoms with E-state index in [9.17, 15) is 14.4 Å². The van der Waals surface area contributed by atoms with Crippen LogP contribution in [-0.2, 0) is 10.3 Å². The summed E-state index contributed by atoms with van der Waals surface area (Å²) in [6, 6.07) is 25.3. The Morgan fingerprint density at radius 2 is 1.58 bits per heavy atom. The van der Waals surface area contributed by atoms with E-state index in [1.54, 1.807) is 35.1 Å². The van der Waals surface area contributed by atoms with Gasteiger partial charge in [-0.1, -0.05) is 79.7 Å². The summed E-state index contributed by atoms with van der Waals surface area (Å²) in [6.07, 6.45) is 1.93. The number of nitrogens with zero attached hydrogens (tertiary/aromatic N) is 3. The maximum atomic E-state index is 13.5. The second-order valence-electron chi connectivity index (χ2n) is 8.62. The number of imide groups is 1. The Morgan fingerprint density at radius 3 is 2.25 bits per heavy atom. The predicted molar refractivity (Wildman–Crippen MR) is 135 cm³/mol. The number of carbonyl (C=O) groups is 3. The van der Waals surface area contributed by atoms with E-state index < -0.39 is 23.4 Å². The second-order valence-corrected chi connectivity index (χ2v) is 8.62. The molecule has 1 saturated heterocycles. The van der Waals surface area contributed by atoms with Gasteiger partial charge in [0.15, 0.2) is 0 Å². The van der Waals surface area contributed by atoms with Crippen molar-refractivity contribution in [2.75, 3.05) is 0 Å². The van der Waals surface area contributed by atoms with Crippen LogP contribution in [0.15, 0.2) is 91.1 Å². The molecule has 1 atom stereocenters. The van der Waals surface area contributed by atoms with E-state index in [4.69, 9.17) is 0 Å². The number of hydrazine groups is 1. The van der Waals surface area contributed by atoms with Gasteiger partial charge in [-0.2, -0.15) is 10.1 Å². The summed E-state index contributed by atoms with van der Waals surface area (Å²) in [6.45, 7) is 3.75. The van der Waals surface area contributed by atoms with Gasteiger partial charge < -0.3 is 5.32 Å². The maximum Gasteiger partial charge on any atom is 0.344 e. The zero-order chi connectivity index (χ0) is 25.3. The van der Waals surface area contributed by atoms with Gasteiger partial charge in [0.05, 0.1) is 11.3 Å². The lowest BCUT2D eigenvalue weighted by Crippen LogP contribution is -2.48. The number of carbonyl (C=O) groups excluding carboxylic acids is 3. The summed E-state index contributed by atoms with van der Waals surface area (Å²) >= 11 is 0. The van der Waals surface area contributed by atoms with E-state index in [-0.39, 0.29) is 5.56 Å². The third-order valence-electron chi connectivity index (χ3n) is 6.48. The van der Waals surface area contributed by atoms with Crippen LogP contribution in [0.25, 0.3) is 16.9 Å². The van der Waals surface area contributed by atoms with Gasteiger partial charge in [-0.3, -0.25) is 15.0 Å². The van der Waals surface area contributed by atoms with Gasteiger partial charge in [0.2, 0.25) is 0 Å². The average Bonchev–Trinajstić information content (AvgIpc) is 3.46. The Balaban J connectivity index is 1.52. The highest BCUT2D eigenvalue weighted by atomic mass is 16.2. The van der Waals surface area contributed by atoms with Crippen LogP contribution in [0.1, 0.15) is 34.8 Å². The fourth-order valence-electron chi connectivity index (χ4n) is 4.49. The molecule has 0 spiro atoms. The third kappa shape index (κ3) is 3.82. The lowest BCUT2D eigenvalue weighted by molar-refractivity contribution is -0.133. The first kappa shape index (κ1) is 23.0. The third-order valence-corrected chi connectivity index (χ3v) is 6.48. The minimum absolute atomic E-state index is 0.238. The van der Waals surface area contributed by atoms with Crippen molar-refractivity contribution in [1.29, 1.82) is 0 Å². The van der Waals surface area contributed by atoms with Crippen molar-refractivity contribution >= 4 is 17.8 Å². The van der Waals surface area contributed by atoms with E-state index in [2.05, 4.69) is 15.8 Å². The van der Waals surface area contributed by atoms with Crippen molar-refractivity contribution in [3.8, 4) is 16.9 Å². The van der Waals surface area contributed by atoms with E-state index in [1.807, 2.05) is 74.5 Å². The fourth-order valence-corrected chi connectivity index (χ4v) is 4.49. The Kier molecular flexibility index (Phi) is 5.85. The standard InChI is InChI=1S/C28H25N5O3/c1-3-28(20-13-6-4-7-14-20)26(35)33(27(36)29-28)31-25(34)23-18-32(21-15-8-5-9-16-21)30-24(23)22-17-11-10-12-19(22)2/h4-18H,3H2,1-2H3,(H,29,36)(H,31,34). The van der Waals surface area contributed by atoms with E-state index in [1.165, 1.54) is 0 Å². The number of hydrogen-bond acceptors (Lipinski definition) is 4. The van der Waals surface area contributed by atoms with Gasteiger partial charge in [0.1, 0.15) is 11.2 Å². The molecule has 0 aliphatic carbocycles. The van der Waals surface area contributed by atoms with Crippen molar-refractivity contribution in [1.82, 2.24) is 25.5 Å². The van der Waals surface area contributed by atoms with Gasteiger partial charge in [0, 0.05) is 11.8 Å². The molecule has 180 valence electrons. The number of aromatic nitrogens is 2. The zero-order valence-corrected chi connectivity index (χ0v) is 19.9. The minimum Gasteiger partial charge on any atom is -0.318 e. The predicted octanol–water partition coefficient (Wildman–Crippen LogP) is 4.35. The highest BCUT2D eigenvalue weighted by molar-refractivity contribution is 6.10. The first-order chi connectivity index (χ1) is 17.4. The molecule has 2 N–H and O–H groups in total. The number of rotatable bonds is 6. The monoisotopic (exact) mass is 479 g/mol. The smallest absolute Gasteiger partial charge is 0.318 e. The molecule has 8 heteroatoms. The molecule has 4 aromatic rings. The molecule has 8 nitrogen and oxygen atoms in total. The molecule has 0 radical (unpaired) electrons. The molecule has 3 aromatic carbocycles. The molecule has 1 aromatic heterocycles. The Hall–Kier alpha value is -4.72. The molecule has 1 aliphatic heterocycles. The van der Waals surface area contributed by atoms with Crippen LogP contribution < -0.4 is 10.7 Å². The van der Waals surface area contributed by atoms with Crippen molar-refractivity contribution in [3.05, 3.63) is 108 Å². The Bertz CT molecular complexity index is 1450. The van der Waals surface area contributed by atoms with Crippen LogP contribution in [-0.4, -0.2) is 32.6 Å². The topological polar surface area (TPSA) is 96.3 Å². The molecule has 0 saturated carbocycles. The zero-order valence-electron chi connectivity index (χ0n) is 19.9. The molecule has 4 amide bonds. The van der Waals surface area contributed by atoms with Gasteiger partial charge in [0.25, 0.3) is 11.8 Å². The average molecular weight is 480 g/mol. The van der Waals surface area contributed by atoms with Crippen LogP contribution in [0.2, 0.25) is 0 Å². The number of aryl methyl sites for hydroxylation is 1. The molecule has 1 fully saturated rings. The van der Waals surface area contributed by atoms with E-state index in [0.717, 1.165) is 21.8 Å². The summed E-state index contributed by atoms with van der Waals surface area (Å²) in [4.78, 5) is 39.9. The molecular formula is C28H25N5O3. The quantitative estimate of drug-likeness (QED) is 0.402. The minimum atomic E-state index is -1.25. The summed E-state index contributed by atoms with van der Waals surface area (Å²) < 4.78 is 1.61. The van der Waals surface area contributed by atoms with Gasteiger partial charge in [-0.15, -0.1) is 0 Å². The highest BCUT2D eigenvalue weighted by Gasteiger charge is 2.52. The normalized spacial score (nSPS) is 17.2. The Morgan fingerprint density at radius 1 is 0.944 bits per heavy atom. The van der Waals surface area contributed by atoms with Crippen molar-refractivity contribution < 1.29 is 14.4 Å². The SMILES string of the molecule is CCC1(c2ccccc2)NC(=O)N(NC(=O)c2cn(-c3ccccc3)nc2-c2ccccc2C)C1=O.